The number of rotatable bonds is 2. The summed E-state index contributed by atoms with van der Waals surface area (Å²) in [6.07, 6.45) is -4.61. The predicted octanol–water partition coefficient (Wildman–Crippen LogP) is 3.93. The van der Waals surface area contributed by atoms with Gasteiger partial charge in [0.05, 0.1) is 12.7 Å². The Morgan fingerprint density at radius 3 is 2.43 bits per heavy atom. The Bertz CT molecular complexity index is 689. The van der Waals surface area contributed by atoms with Crippen LogP contribution in [0.3, 0.4) is 0 Å². The zero-order valence-corrected chi connectivity index (χ0v) is 11.1. The van der Waals surface area contributed by atoms with Gasteiger partial charge in [0.1, 0.15) is 11.5 Å². The minimum Gasteiger partial charge on any atom is -0.464 e. The van der Waals surface area contributed by atoms with Crippen LogP contribution < -0.4 is 0 Å². The first-order valence-electron chi connectivity index (χ1n) is 5.89. The number of ether oxygens (including phenoxy) is 1. The molecular weight excluding hydrogens is 290 g/mol. The smallest absolute Gasteiger partial charge is 0.416 e. The first-order chi connectivity index (χ1) is 9.74. The molecule has 7 heteroatoms. The second-order valence-electron chi connectivity index (χ2n) is 4.42. The highest BCUT2D eigenvalue weighted by Crippen LogP contribution is 2.33. The van der Waals surface area contributed by atoms with Crippen molar-refractivity contribution in [2.75, 3.05) is 7.11 Å². The Balaban J connectivity index is 2.46. The monoisotopic (exact) mass is 301 g/mol. The van der Waals surface area contributed by atoms with Gasteiger partial charge >= 0.3 is 12.1 Å². The molecule has 0 aliphatic carbocycles. The lowest BCUT2D eigenvalue weighted by Gasteiger charge is -2.08. The Hall–Kier alpha value is -2.31. The maximum Gasteiger partial charge on any atom is 0.416 e. The van der Waals surface area contributed by atoms with Crippen molar-refractivity contribution in [1.29, 1.82) is 0 Å². The molecule has 0 atom stereocenters. The van der Waals surface area contributed by atoms with Gasteiger partial charge in [0.2, 0.25) is 0 Å². The van der Waals surface area contributed by atoms with Crippen molar-refractivity contribution in [1.82, 2.24) is 4.98 Å². The van der Waals surface area contributed by atoms with E-state index in [1.807, 2.05) is 0 Å². The third kappa shape index (κ3) is 2.91. The van der Waals surface area contributed by atoms with Gasteiger partial charge < -0.3 is 9.72 Å². The van der Waals surface area contributed by atoms with E-state index in [9.17, 15) is 22.4 Å². The molecule has 0 radical (unpaired) electrons. The number of carbonyl (C=O) groups excluding carboxylic acids is 1. The summed E-state index contributed by atoms with van der Waals surface area (Å²) < 4.78 is 55.9. The Morgan fingerprint density at radius 2 is 1.90 bits per heavy atom. The van der Waals surface area contributed by atoms with E-state index in [0.717, 1.165) is 12.1 Å². The molecule has 0 saturated carbocycles. The highest BCUT2D eigenvalue weighted by Gasteiger charge is 2.31. The van der Waals surface area contributed by atoms with Crippen LogP contribution in [-0.4, -0.2) is 18.1 Å². The van der Waals surface area contributed by atoms with E-state index >= 15 is 0 Å². The van der Waals surface area contributed by atoms with Gasteiger partial charge in [-0.2, -0.15) is 13.2 Å². The van der Waals surface area contributed by atoms with Crippen LogP contribution in [0.5, 0.6) is 0 Å². The van der Waals surface area contributed by atoms with Crippen LogP contribution >= 0.6 is 0 Å². The van der Waals surface area contributed by atoms with E-state index in [1.54, 1.807) is 6.92 Å². The number of aromatic amines is 1. The number of alkyl halides is 3. The van der Waals surface area contributed by atoms with Crippen LogP contribution in [0.1, 0.15) is 21.6 Å². The maximum absolute atomic E-state index is 13.9. The van der Waals surface area contributed by atoms with Crippen LogP contribution in [0, 0.1) is 12.7 Å². The molecule has 1 N–H and O–H groups in total. The van der Waals surface area contributed by atoms with Crippen LogP contribution in [0.2, 0.25) is 0 Å². The van der Waals surface area contributed by atoms with Crippen LogP contribution in [0.4, 0.5) is 17.6 Å². The van der Waals surface area contributed by atoms with E-state index in [1.165, 1.54) is 13.2 Å². The fourth-order valence-corrected chi connectivity index (χ4v) is 1.93. The number of hydrogen-bond acceptors (Lipinski definition) is 2. The van der Waals surface area contributed by atoms with Gasteiger partial charge in [0.25, 0.3) is 0 Å². The van der Waals surface area contributed by atoms with E-state index in [2.05, 4.69) is 9.72 Å². The summed E-state index contributed by atoms with van der Waals surface area (Å²) in [5.41, 5.74) is -0.274. The van der Waals surface area contributed by atoms with Gasteiger partial charge in [0.15, 0.2) is 0 Å². The summed E-state index contributed by atoms with van der Waals surface area (Å²) in [7, 11) is 1.20. The van der Waals surface area contributed by atoms with Crippen molar-refractivity contribution in [2.45, 2.75) is 13.1 Å². The molecule has 21 heavy (non-hydrogen) atoms. The lowest BCUT2D eigenvalue weighted by Crippen LogP contribution is -2.05. The van der Waals surface area contributed by atoms with Crippen LogP contribution in [0.15, 0.2) is 24.3 Å². The quantitative estimate of drug-likeness (QED) is 0.674. The van der Waals surface area contributed by atoms with Crippen molar-refractivity contribution < 1.29 is 27.1 Å². The highest BCUT2D eigenvalue weighted by atomic mass is 19.4. The van der Waals surface area contributed by atoms with Crippen LogP contribution in [-0.2, 0) is 10.9 Å². The first-order valence-corrected chi connectivity index (χ1v) is 5.89. The number of nitrogens with one attached hydrogen (secondary N) is 1. The molecule has 2 rings (SSSR count). The number of carbonyl (C=O) groups is 1. The van der Waals surface area contributed by atoms with Crippen molar-refractivity contribution in [3.8, 4) is 11.3 Å². The molecule has 0 saturated heterocycles. The molecule has 0 amide bonds. The number of H-pyrrole nitrogens is 1. The summed E-state index contributed by atoms with van der Waals surface area (Å²) in [5, 5.41) is 0. The number of benzene rings is 1. The standard InChI is InChI=1S/C14H11F4NO2/c1-7-5-11(19-12(7)13(20)21-2)9-4-3-8(6-10(9)15)14(16,17)18/h3-6,19H,1-2H3. The number of hydrogen-bond donors (Lipinski definition) is 1. The van der Waals surface area contributed by atoms with Crippen molar-refractivity contribution in [3.63, 3.8) is 0 Å². The summed E-state index contributed by atoms with van der Waals surface area (Å²) in [4.78, 5) is 14.1. The number of esters is 1. The van der Waals surface area contributed by atoms with Crippen LogP contribution in [0.25, 0.3) is 11.3 Å². The van der Waals surface area contributed by atoms with Gasteiger partial charge in [-0.1, -0.05) is 0 Å². The summed E-state index contributed by atoms with van der Waals surface area (Å²) >= 11 is 0. The third-order valence-corrected chi connectivity index (χ3v) is 2.99. The molecule has 0 aliphatic heterocycles. The average Bonchev–Trinajstić information content (AvgIpc) is 2.78. The van der Waals surface area contributed by atoms with Gasteiger partial charge in [-0.05, 0) is 36.8 Å². The van der Waals surface area contributed by atoms with Crippen molar-refractivity contribution in [2.24, 2.45) is 0 Å². The molecule has 0 fully saturated rings. The minimum absolute atomic E-state index is 0.0544. The third-order valence-electron chi connectivity index (χ3n) is 2.99. The van der Waals surface area contributed by atoms with Gasteiger partial charge in [0, 0.05) is 11.3 Å². The van der Waals surface area contributed by atoms with E-state index in [0.29, 0.717) is 11.6 Å². The summed E-state index contributed by atoms with van der Waals surface area (Å²) in [6, 6.07) is 3.69. The molecule has 3 nitrogen and oxygen atoms in total. The zero-order valence-electron chi connectivity index (χ0n) is 11.1. The SMILES string of the molecule is COC(=O)c1[nH]c(-c2ccc(C(F)(F)F)cc2F)cc1C. The molecule has 1 heterocycles. The topological polar surface area (TPSA) is 42.1 Å². The van der Waals surface area contributed by atoms with Crippen molar-refractivity contribution >= 4 is 5.97 Å². The average molecular weight is 301 g/mol. The Labute approximate surface area is 117 Å². The molecule has 0 unspecified atom stereocenters. The molecule has 2 aromatic rings. The second-order valence-corrected chi connectivity index (χ2v) is 4.42. The second kappa shape index (κ2) is 5.23. The largest absolute Gasteiger partial charge is 0.464 e. The number of aromatic nitrogens is 1. The molecule has 0 spiro atoms. The Kier molecular flexibility index (Phi) is 3.76. The summed E-state index contributed by atoms with van der Waals surface area (Å²) in [6.45, 7) is 1.61. The molecule has 0 bridgehead atoms. The molecular formula is C14H11F4NO2. The lowest BCUT2D eigenvalue weighted by atomic mass is 10.1. The number of aryl methyl sites for hydroxylation is 1. The van der Waals surface area contributed by atoms with Gasteiger partial charge in [-0.3, -0.25) is 0 Å². The lowest BCUT2D eigenvalue weighted by molar-refractivity contribution is -0.137. The predicted molar refractivity (Wildman–Crippen MR) is 67.3 cm³/mol. The van der Waals surface area contributed by atoms with E-state index < -0.39 is 23.5 Å². The molecule has 0 aliphatic rings. The highest BCUT2D eigenvalue weighted by molar-refractivity contribution is 5.90. The number of halogens is 4. The molecule has 112 valence electrons. The van der Waals surface area contributed by atoms with Gasteiger partial charge in [-0.25, -0.2) is 9.18 Å². The summed E-state index contributed by atoms with van der Waals surface area (Å²) in [5.74, 6) is -1.66. The van der Waals surface area contributed by atoms with E-state index in [4.69, 9.17) is 0 Å². The minimum atomic E-state index is -4.61. The van der Waals surface area contributed by atoms with E-state index in [-0.39, 0.29) is 17.0 Å². The zero-order chi connectivity index (χ0) is 15.8. The number of methoxy groups -OCH3 is 1. The fourth-order valence-electron chi connectivity index (χ4n) is 1.93. The Morgan fingerprint density at radius 1 is 1.24 bits per heavy atom. The van der Waals surface area contributed by atoms with Gasteiger partial charge in [-0.15, -0.1) is 0 Å². The normalized spacial score (nSPS) is 11.5. The fraction of sp³-hybridized carbons (Fsp3) is 0.214. The molecule has 1 aromatic carbocycles. The molecule has 1 aromatic heterocycles. The van der Waals surface area contributed by atoms with Crippen molar-refractivity contribution in [3.05, 3.63) is 46.9 Å². The maximum atomic E-state index is 13.9. The first kappa shape index (κ1) is 15.1.